The number of thiazole rings is 1. The molecule has 4 rings (SSSR count). The van der Waals surface area contributed by atoms with Crippen molar-refractivity contribution in [3.63, 3.8) is 0 Å². The van der Waals surface area contributed by atoms with Gasteiger partial charge in [0, 0.05) is 24.1 Å². The minimum Gasteiger partial charge on any atom is -0.353 e. The Balaban J connectivity index is 1.87. The van der Waals surface area contributed by atoms with Crippen LogP contribution < -0.4 is 0 Å². The Hall–Kier alpha value is -2.47. The van der Waals surface area contributed by atoms with E-state index in [1.165, 1.54) is 4.70 Å². The van der Waals surface area contributed by atoms with E-state index in [9.17, 15) is 0 Å². The Labute approximate surface area is 124 Å². The van der Waals surface area contributed by atoms with Crippen LogP contribution in [-0.2, 0) is 0 Å². The fraction of sp³-hybridized carbons (Fsp3) is 0.133. The average Bonchev–Trinajstić information content (AvgIpc) is 3.14. The van der Waals surface area contributed by atoms with Crippen LogP contribution in [0.4, 0.5) is 0 Å². The van der Waals surface area contributed by atoms with E-state index in [0.717, 1.165) is 27.7 Å². The summed E-state index contributed by atoms with van der Waals surface area (Å²) in [5.41, 5.74) is 2.90. The van der Waals surface area contributed by atoms with E-state index < -0.39 is 0 Å². The fourth-order valence-corrected chi connectivity index (χ4v) is 3.20. The molecule has 3 aromatic heterocycles. The first-order valence-electron chi connectivity index (χ1n) is 6.55. The normalized spacial score (nSPS) is 11.3. The molecule has 0 aliphatic heterocycles. The summed E-state index contributed by atoms with van der Waals surface area (Å²) in [5.74, 6) is 1.41. The van der Waals surface area contributed by atoms with Crippen LogP contribution in [0.2, 0.25) is 0 Å². The maximum absolute atomic E-state index is 5.32. The van der Waals surface area contributed by atoms with Crippen molar-refractivity contribution in [2.45, 2.75) is 13.8 Å². The summed E-state index contributed by atoms with van der Waals surface area (Å²) in [4.78, 5) is 8.86. The molecule has 0 bridgehead atoms. The minimum atomic E-state index is 0.665. The predicted molar refractivity (Wildman–Crippen MR) is 81.7 cm³/mol. The summed E-state index contributed by atoms with van der Waals surface area (Å²) in [6.45, 7) is 3.91. The second-order valence-electron chi connectivity index (χ2n) is 4.84. The van der Waals surface area contributed by atoms with Gasteiger partial charge in [-0.25, -0.2) is 9.97 Å². The molecule has 0 saturated carbocycles. The van der Waals surface area contributed by atoms with Gasteiger partial charge < -0.3 is 4.52 Å². The van der Waals surface area contributed by atoms with Crippen LogP contribution in [0.1, 0.15) is 10.7 Å². The molecule has 5 nitrogen and oxygen atoms in total. The lowest BCUT2D eigenvalue weighted by atomic mass is 10.3. The molecule has 0 saturated heterocycles. The number of hydrogen-bond acceptors (Lipinski definition) is 5. The number of nitrogens with zero attached hydrogens (tertiary/aromatic N) is 4. The molecule has 0 unspecified atom stereocenters. The Morgan fingerprint density at radius 1 is 1.19 bits per heavy atom. The van der Waals surface area contributed by atoms with Gasteiger partial charge in [-0.05, 0) is 32.0 Å². The number of aromatic nitrogens is 4. The van der Waals surface area contributed by atoms with Gasteiger partial charge in [0.25, 0.3) is 0 Å². The molecule has 0 spiro atoms. The smallest absolute Gasteiger partial charge is 0.202 e. The van der Waals surface area contributed by atoms with Crippen LogP contribution >= 0.6 is 11.3 Å². The first kappa shape index (κ1) is 12.3. The Morgan fingerprint density at radius 2 is 2.10 bits per heavy atom. The van der Waals surface area contributed by atoms with Crippen molar-refractivity contribution in [2.24, 2.45) is 0 Å². The molecule has 0 atom stereocenters. The number of aryl methyl sites for hydroxylation is 2. The van der Waals surface area contributed by atoms with Crippen molar-refractivity contribution >= 4 is 21.6 Å². The van der Waals surface area contributed by atoms with E-state index in [4.69, 9.17) is 4.52 Å². The van der Waals surface area contributed by atoms with Gasteiger partial charge in [0.2, 0.25) is 5.76 Å². The van der Waals surface area contributed by atoms with E-state index in [1.54, 1.807) is 17.5 Å². The second-order valence-corrected chi connectivity index (χ2v) is 6.07. The summed E-state index contributed by atoms with van der Waals surface area (Å²) in [6, 6.07) is 8.07. The van der Waals surface area contributed by atoms with Crippen molar-refractivity contribution < 1.29 is 4.52 Å². The van der Waals surface area contributed by atoms with Crippen LogP contribution in [0.25, 0.3) is 27.5 Å². The first-order valence-corrected chi connectivity index (χ1v) is 7.37. The largest absolute Gasteiger partial charge is 0.353 e. The molecule has 0 fully saturated rings. The van der Waals surface area contributed by atoms with E-state index in [1.807, 2.05) is 42.8 Å². The molecular formula is C15H12N4OS. The van der Waals surface area contributed by atoms with E-state index in [0.29, 0.717) is 5.76 Å². The van der Waals surface area contributed by atoms with Crippen molar-refractivity contribution in [1.82, 2.24) is 19.7 Å². The molecule has 1 aromatic carbocycles. The SMILES string of the molecule is Cc1cc(-c2nccn2-c2ccc3nc(C)sc3c2)on1. The van der Waals surface area contributed by atoms with Crippen LogP contribution in [0, 0.1) is 13.8 Å². The van der Waals surface area contributed by atoms with Gasteiger partial charge in [-0.1, -0.05) is 5.16 Å². The van der Waals surface area contributed by atoms with Crippen LogP contribution in [-0.4, -0.2) is 19.7 Å². The maximum atomic E-state index is 5.32. The Bertz CT molecular complexity index is 934. The van der Waals surface area contributed by atoms with E-state index in [2.05, 4.69) is 21.2 Å². The number of imidazole rings is 1. The predicted octanol–water partition coefficient (Wildman–Crippen LogP) is 3.75. The maximum Gasteiger partial charge on any atom is 0.202 e. The first-order chi connectivity index (χ1) is 10.2. The minimum absolute atomic E-state index is 0.665. The zero-order chi connectivity index (χ0) is 14.4. The highest BCUT2D eigenvalue weighted by atomic mass is 32.1. The standard InChI is InChI=1S/C15H12N4OS/c1-9-7-13(20-18-9)15-16-5-6-19(15)11-3-4-12-14(8-11)21-10(2)17-12/h3-8H,1-2H3. The highest BCUT2D eigenvalue weighted by Gasteiger charge is 2.13. The molecule has 4 aromatic rings. The summed E-state index contributed by atoms with van der Waals surface area (Å²) in [5, 5.41) is 4.99. The topological polar surface area (TPSA) is 56.7 Å². The molecule has 0 aliphatic carbocycles. The summed E-state index contributed by atoms with van der Waals surface area (Å²) in [6.07, 6.45) is 3.68. The lowest BCUT2D eigenvalue weighted by molar-refractivity contribution is 0.424. The van der Waals surface area contributed by atoms with Crippen LogP contribution in [0.5, 0.6) is 0 Å². The van der Waals surface area contributed by atoms with E-state index >= 15 is 0 Å². The van der Waals surface area contributed by atoms with Crippen molar-refractivity contribution in [1.29, 1.82) is 0 Å². The molecule has 0 radical (unpaired) electrons. The quantitative estimate of drug-likeness (QED) is 0.565. The third-order valence-electron chi connectivity index (χ3n) is 3.25. The number of benzene rings is 1. The third kappa shape index (κ3) is 2.04. The van der Waals surface area contributed by atoms with E-state index in [-0.39, 0.29) is 0 Å². The van der Waals surface area contributed by atoms with Gasteiger partial charge >= 0.3 is 0 Å². The van der Waals surface area contributed by atoms with Gasteiger partial charge in [0.05, 0.1) is 20.9 Å². The summed E-state index contributed by atoms with van der Waals surface area (Å²) in [7, 11) is 0. The van der Waals surface area contributed by atoms with Gasteiger partial charge in [0.15, 0.2) is 5.82 Å². The molecule has 104 valence electrons. The van der Waals surface area contributed by atoms with Crippen LogP contribution in [0.15, 0.2) is 41.2 Å². The molecule has 0 N–H and O–H groups in total. The molecule has 0 aliphatic rings. The van der Waals surface area contributed by atoms with Crippen LogP contribution in [0.3, 0.4) is 0 Å². The fourth-order valence-electron chi connectivity index (χ4n) is 2.34. The zero-order valence-corrected chi connectivity index (χ0v) is 12.4. The van der Waals surface area contributed by atoms with Crippen molar-refractivity contribution in [2.75, 3.05) is 0 Å². The third-order valence-corrected chi connectivity index (χ3v) is 4.18. The molecule has 0 amide bonds. The van der Waals surface area contributed by atoms with Crippen molar-refractivity contribution in [3.8, 4) is 17.3 Å². The number of fused-ring (bicyclic) bond motifs is 1. The van der Waals surface area contributed by atoms with Gasteiger partial charge in [-0.15, -0.1) is 11.3 Å². The summed E-state index contributed by atoms with van der Waals surface area (Å²) >= 11 is 1.69. The lowest BCUT2D eigenvalue weighted by Crippen LogP contribution is -1.95. The molecule has 21 heavy (non-hydrogen) atoms. The molecular weight excluding hydrogens is 284 g/mol. The van der Waals surface area contributed by atoms with Gasteiger partial charge in [-0.3, -0.25) is 4.57 Å². The highest BCUT2D eigenvalue weighted by molar-refractivity contribution is 7.18. The molecule has 6 heteroatoms. The van der Waals surface area contributed by atoms with Gasteiger partial charge in [0.1, 0.15) is 0 Å². The van der Waals surface area contributed by atoms with Gasteiger partial charge in [-0.2, -0.15) is 0 Å². The monoisotopic (exact) mass is 296 g/mol. The number of hydrogen-bond donors (Lipinski definition) is 0. The average molecular weight is 296 g/mol. The Morgan fingerprint density at radius 3 is 2.90 bits per heavy atom. The second kappa shape index (κ2) is 4.53. The molecule has 3 heterocycles. The zero-order valence-electron chi connectivity index (χ0n) is 11.6. The lowest BCUT2D eigenvalue weighted by Gasteiger charge is -2.05. The Kier molecular flexibility index (Phi) is 2.65. The highest BCUT2D eigenvalue weighted by Crippen LogP contribution is 2.27. The number of rotatable bonds is 2. The summed E-state index contributed by atoms with van der Waals surface area (Å²) < 4.78 is 8.48. The van der Waals surface area contributed by atoms with Crippen molar-refractivity contribution in [3.05, 3.63) is 47.4 Å².